The van der Waals surface area contributed by atoms with Gasteiger partial charge in [-0.25, -0.2) is 0 Å². The highest BCUT2D eigenvalue weighted by atomic mass is 16.5. The van der Waals surface area contributed by atoms with Gasteiger partial charge in [0.25, 0.3) is 0 Å². The van der Waals surface area contributed by atoms with Crippen LogP contribution in [-0.4, -0.2) is 17.8 Å². The van der Waals surface area contributed by atoms with Crippen molar-refractivity contribution < 1.29 is 14.3 Å². The lowest BCUT2D eigenvalue weighted by Gasteiger charge is -2.11. The highest BCUT2D eigenvalue weighted by molar-refractivity contribution is 5.80. The largest absolute Gasteiger partial charge is 0.459 e. The zero-order valence-electron chi connectivity index (χ0n) is 12.4. The third kappa shape index (κ3) is 3.75. The number of hydrogen-bond acceptors (Lipinski definition) is 3. The van der Waals surface area contributed by atoms with Gasteiger partial charge in [-0.2, -0.15) is 0 Å². The molecule has 3 rings (SSSR count). The molecule has 1 aromatic heterocycles. The van der Waals surface area contributed by atoms with Gasteiger partial charge < -0.3 is 14.3 Å². The van der Waals surface area contributed by atoms with Crippen LogP contribution in [0.1, 0.15) is 29.9 Å². The van der Waals surface area contributed by atoms with E-state index in [0.717, 1.165) is 18.6 Å². The first-order valence-electron chi connectivity index (χ1n) is 7.59. The topological polar surface area (TPSA) is 42.6 Å². The molecule has 1 aromatic carbocycles. The molecule has 3 nitrogen and oxygen atoms in total. The van der Waals surface area contributed by atoms with Gasteiger partial charge in [-0.3, -0.25) is 0 Å². The van der Waals surface area contributed by atoms with Crippen molar-refractivity contribution in [2.24, 2.45) is 0 Å². The van der Waals surface area contributed by atoms with E-state index in [0.29, 0.717) is 12.4 Å². The molecule has 0 radical (unpaired) electrons. The van der Waals surface area contributed by atoms with E-state index in [9.17, 15) is 0 Å². The maximum atomic E-state index is 9.11. The van der Waals surface area contributed by atoms with Crippen LogP contribution < -0.4 is 0 Å². The molecular formula is C19H20O3. The van der Waals surface area contributed by atoms with Crippen LogP contribution in [0.4, 0.5) is 0 Å². The number of aliphatic hydroxyl groups excluding tert-OH is 1. The maximum absolute atomic E-state index is 9.11. The Morgan fingerprint density at radius 2 is 2.05 bits per heavy atom. The van der Waals surface area contributed by atoms with Gasteiger partial charge in [0.05, 0.1) is 12.7 Å². The van der Waals surface area contributed by atoms with Gasteiger partial charge in [-0.15, -0.1) is 0 Å². The zero-order valence-corrected chi connectivity index (χ0v) is 12.4. The first-order chi connectivity index (χ1) is 10.8. The third-order valence-corrected chi connectivity index (χ3v) is 3.75. The number of ether oxygens (including phenoxy) is 1. The molecule has 114 valence electrons. The lowest BCUT2D eigenvalue weighted by molar-refractivity contribution is 0.123. The monoisotopic (exact) mass is 296 g/mol. The minimum Gasteiger partial charge on any atom is -0.459 e. The van der Waals surface area contributed by atoms with Crippen molar-refractivity contribution in [3.63, 3.8) is 0 Å². The first-order valence-corrected chi connectivity index (χ1v) is 7.59. The number of furan rings is 1. The third-order valence-electron chi connectivity index (χ3n) is 3.75. The molecule has 1 atom stereocenters. The van der Waals surface area contributed by atoms with Gasteiger partial charge in [-0.1, -0.05) is 42.5 Å². The van der Waals surface area contributed by atoms with Gasteiger partial charge in [-0.05, 0) is 42.2 Å². The lowest BCUT2D eigenvalue weighted by Crippen LogP contribution is -2.04. The van der Waals surface area contributed by atoms with E-state index in [-0.39, 0.29) is 12.7 Å². The van der Waals surface area contributed by atoms with Gasteiger partial charge >= 0.3 is 0 Å². The summed E-state index contributed by atoms with van der Waals surface area (Å²) < 4.78 is 11.2. The Morgan fingerprint density at radius 1 is 1.18 bits per heavy atom. The zero-order chi connectivity index (χ0) is 15.2. The second-order valence-electron chi connectivity index (χ2n) is 5.34. The molecule has 0 amide bonds. The van der Waals surface area contributed by atoms with Gasteiger partial charge in [0, 0.05) is 0 Å². The first kappa shape index (κ1) is 14.8. The van der Waals surface area contributed by atoms with Crippen molar-refractivity contribution in [2.45, 2.75) is 25.6 Å². The maximum Gasteiger partial charge on any atom is 0.130 e. The summed E-state index contributed by atoms with van der Waals surface area (Å²) in [4.78, 5) is 0. The Labute approximate surface area is 130 Å². The molecule has 0 saturated heterocycles. The van der Waals surface area contributed by atoms with E-state index >= 15 is 0 Å². The standard InChI is InChI=1S/C19H20O3/c20-14-19-11-10-18(22-19)13-16(15-5-2-1-3-6-15)8-9-17-7-4-12-21-17/h1-7,10-11,13,17,20H,8-9,12,14H2/b16-13-/t17-/m0/s1. The van der Waals surface area contributed by atoms with Crippen LogP contribution in [0.3, 0.4) is 0 Å². The molecule has 0 fully saturated rings. The van der Waals surface area contributed by atoms with Crippen LogP contribution >= 0.6 is 0 Å². The van der Waals surface area contributed by atoms with Crippen molar-refractivity contribution in [3.8, 4) is 0 Å². The van der Waals surface area contributed by atoms with Crippen molar-refractivity contribution in [3.05, 3.63) is 71.7 Å². The van der Waals surface area contributed by atoms with E-state index in [1.165, 1.54) is 11.1 Å². The summed E-state index contributed by atoms with van der Waals surface area (Å²) in [5.74, 6) is 1.35. The number of hydrogen-bond donors (Lipinski definition) is 1. The van der Waals surface area contributed by atoms with Crippen molar-refractivity contribution in [1.82, 2.24) is 0 Å². The van der Waals surface area contributed by atoms with Crippen LogP contribution in [0, 0.1) is 0 Å². The average Bonchev–Trinajstić information content (AvgIpc) is 3.23. The summed E-state index contributed by atoms with van der Waals surface area (Å²) in [5, 5.41) is 9.11. The molecular weight excluding hydrogens is 276 g/mol. The Morgan fingerprint density at radius 3 is 2.73 bits per heavy atom. The van der Waals surface area contributed by atoms with Crippen LogP contribution in [0.25, 0.3) is 11.6 Å². The summed E-state index contributed by atoms with van der Waals surface area (Å²) in [6, 6.07) is 14.0. The molecule has 0 spiro atoms. The minimum absolute atomic E-state index is 0.0742. The summed E-state index contributed by atoms with van der Waals surface area (Å²) in [6.07, 6.45) is 8.30. The van der Waals surface area contributed by atoms with Gasteiger partial charge in [0.1, 0.15) is 18.1 Å². The molecule has 0 unspecified atom stereocenters. The minimum atomic E-state index is -0.0742. The fraction of sp³-hybridized carbons (Fsp3) is 0.263. The van der Waals surface area contributed by atoms with Crippen molar-refractivity contribution >= 4 is 11.6 Å². The van der Waals surface area contributed by atoms with Crippen LogP contribution in [-0.2, 0) is 11.3 Å². The van der Waals surface area contributed by atoms with Crippen molar-refractivity contribution in [1.29, 1.82) is 0 Å². The average molecular weight is 296 g/mol. The smallest absolute Gasteiger partial charge is 0.130 e. The number of rotatable bonds is 6. The Hall–Kier alpha value is -2.10. The van der Waals surface area contributed by atoms with Gasteiger partial charge in [0.15, 0.2) is 0 Å². The summed E-state index contributed by atoms with van der Waals surface area (Å²) in [6.45, 7) is 0.641. The number of aliphatic hydroxyl groups is 1. The van der Waals surface area contributed by atoms with Crippen molar-refractivity contribution in [2.75, 3.05) is 6.61 Å². The molecule has 1 N–H and O–H groups in total. The van der Waals surface area contributed by atoms with Gasteiger partial charge in [0.2, 0.25) is 0 Å². The highest BCUT2D eigenvalue weighted by Crippen LogP contribution is 2.26. The SMILES string of the molecule is OCc1ccc(/C=C(/CC[C@@H]2C=CCO2)c2ccccc2)o1. The predicted molar refractivity (Wildman–Crippen MR) is 87.1 cm³/mol. The predicted octanol–water partition coefficient (Wildman–Crippen LogP) is 4.05. The second kappa shape index (κ2) is 7.25. The molecule has 2 heterocycles. The Bertz CT molecular complexity index is 652. The summed E-state index contributed by atoms with van der Waals surface area (Å²) in [7, 11) is 0. The normalized spacial score (nSPS) is 18.0. The molecule has 0 bridgehead atoms. The van der Waals surface area contributed by atoms with E-state index in [1.807, 2.05) is 30.3 Å². The quantitative estimate of drug-likeness (QED) is 0.818. The van der Waals surface area contributed by atoms with E-state index in [1.54, 1.807) is 6.07 Å². The van der Waals surface area contributed by atoms with E-state index < -0.39 is 0 Å². The summed E-state index contributed by atoms with van der Waals surface area (Å²) >= 11 is 0. The number of benzene rings is 1. The molecule has 2 aromatic rings. The molecule has 22 heavy (non-hydrogen) atoms. The van der Waals surface area contributed by atoms with Crippen LogP contribution in [0.2, 0.25) is 0 Å². The Balaban J connectivity index is 1.80. The molecule has 1 aliphatic rings. The van der Waals surface area contributed by atoms with Crippen LogP contribution in [0.15, 0.2) is 59.0 Å². The Kier molecular flexibility index (Phi) is 4.88. The second-order valence-corrected chi connectivity index (χ2v) is 5.34. The number of allylic oxidation sites excluding steroid dienone is 1. The molecule has 0 saturated carbocycles. The van der Waals surface area contributed by atoms with E-state index in [4.69, 9.17) is 14.3 Å². The van der Waals surface area contributed by atoms with Crippen LogP contribution in [0.5, 0.6) is 0 Å². The fourth-order valence-corrected chi connectivity index (χ4v) is 2.60. The fourth-order valence-electron chi connectivity index (χ4n) is 2.60. The molecule has 3 heteroatoms. The molecule has 1 aliphatic heterocycles. The van der Waals surface area contributed by atoms with E-state index in [2.05, 4.69) is 24.3 Å². The lowest BCUT2D eigenvalue weighted by atomic mass is 9.98. The highest BCUT2D eigenvalue weighted by Gasteiger charge is 2.12. The summed E-state index contributed by atoms with van der Waals surface area (Å²) in [5.41, 5.74) is 2.40. The molecule has 0 aliphatic carbocycles.